The molecule has 1 saturated heterocycles. The summed E-state index contributed by atoms with van der Waals surface area (Å²) in [6.45, 7) is 8.93. The van der Waals surface area contributed by atoms with Crippen LogP contribution in [-0.2, 0) is 0 Å². The maximum atomic E-state index is 6.24. The second kappa shape index (κ2) is 6.53. The lowest BCUT2D eigenvalue weighted by atomic mass is 9.74. The summed E-state index contributed by atoms with van der Waals surface area (Å²) < 4.78 is 0. The first kappa shape index (κ1) is 17.2. The largest absolute Gasteiger partial charge is 0.329 e. The van der Waals surface area contributed by atoms with Gasteiger partial charge in [-0.2, -0.15) is 0 Å². The van der Waals surface area contributed by atoms with Gasteiger partial charge in [0.25, 0.3) is 0 Å². The Morgan fingerprint density at radius 3 is 1.90 bits per heavy atom. The zero-order valence-electron chi connectivity index (χ0n) is 14.9. The van der Waals surface area contributed by atoms with Crippen molar-refractivity contribution in [1.29, 1.82) is 0 Å². The van der Waals surface area contributed by atoms with Gasteiger partial charge in [-0.15, -0.1) is 0 Å². The van der Waals surface area contributed by atoms with Crippen LogP contribution in [0.3, 0.4) is 0 Å². The number of rotatable bonds is 6. The molecule has 4 nitrogen and oxygen atoms in total. The Morgan fingerprint density at radius 1 is 1.00 bits per heavy atom. The van der Waals surface area contributed by atoms with Gasteiger partial charge in [-0.25, -0.2) is 0 Å². The first-order valence-corrected chi connectivity index (χ1v) is 8.68. The van der Waals surface area contributed by atoms with Crippen molar-refractivity contribution in [3.63, 3.8) is 0 Å². The van der Waals surface area contributed by atoms with E-state index in [2.05, 4.69) is 49.7 Å². The molecule has 0 spiro atoms. The molecule has 2 fully saturated rings. The fourth-order valence-corrected chi connectivity index (χ4v) is 4.14. The van der Waals surface area contributed by atoms with Crippen molar-refractivity contribution in [3.8, 4) is 0 Å². The summed E-state index contributed by atoms with van der Waals surface area (Å²) in [7, 11) is 6.79. The van der Waals surface area contributed by atoms with E-state index in [1.165, 1.54) is 51.7 Å². The number of hydrogen-bond donors (Lipinski definition) is 1. The van der Waals surface area contributed by atoms with Gasteiger partial charge in [0.05, 0.1) is 0 Å². The zero-order chi connectivity index (χ0) is 15.7. The van der Waals surface area contributed by atoms with Crippen LogP contribution in [0.2, 0.25) is 0 Å². The molecule has 0 unspecified atom stereocenters. The molecule has 0 amide bonds. The van der Waals surface area contributed by atoms with Gasteiger partial charge < -0.3 is 15.5 Å². The maximum Gasteiger partial charge on any atom is 0.0353 e. The summed E-state index contributed by atoms with van der Waals surface area (Å²) in [5, 5.41) is 0. The van der Waals surface area contributed by atoms with Crippen molar-refractivity contribution in [3.05, 3.63) is 0 Å². The molecule has 0 bridgehead atoms. The third-order valence-electron chi connectivity index (χ3n) is 6.41. The molecular formula is C17H36N4. The number of hydrogen-bond acceptors (Lipinski definition) is 4. The molecule has 0 atom stereocenters. The topological polar surface area (TPSA) is 35.7 Å². The van der Waals surface area contributed by atoms with Crippen LogP contribution in [0.15, 0.2) is 0 Å². The highest BCUT2D eigenvalue weighted by Gasteiger charge is 2.45. The van der Waals surface area contributed by atoms with Gasteiger partial charge in [0.15, 0.2) is 0 Å². The van der Waals surface area contributed by atoms with Crippen LogP contribution in [0, 0.1) is 0 Å². The van der Waals surface area contributed by atoms with Crippen molar-refractivity contribution >= 4 is 0 Å². The van der Waals surface area contributed by atoms with Gasteiger partial charge in [0, 0.05) is 43.3 Å². The Labute approximate surface area is 131 Å². The fraction of sp³-hybridized carbons (Fsp3) is 1.00. The molecule has 1 aliphatic carbocycles. The van der Waals surface area contributed by atoms with Gasteiger partial charge in [-0.3, -0.25) is 4.90 Å². The Hall–Kier alpha value is -0.160. The normalized spacial score (nSPS) is 25.6. The van der Waals surface area contributed by atoms with Crippen molar-refractivity contribution in [2.75, 3.05) is 47.3 Å². The first-order chi connectivity index (χ1) is 9.85. The lowest BCUT2D eigenvalue weighted by molar-refractivity contribution is -0.0309. The summed E-state index contributed by atoms with van der Waals surface area (Å²) in [4.78, 5) is 7.64. The Bertz CT molecular complexity index is 328. The van der Waals surface area contributed by atoms with Crippen LogP contribution in [0.5, 0.6) is 0 Å². The average molecular weight is 297 g/mol. The molecule has 2 N–H and O–H groups in total. The molecule has 2 rings (SSSR count). The highest BCUT2D eigenvalue weighted by atomic mass is 15.3. The summed E-state index contributed by atoms with van der Waals surface area (Å²) in [5.41, 5.74) is 6.85. The highest BCUT2D eigenvalue weighted by molar-refractivity contribution is 5.03. The summed E-state index contributed by atoms with van der Waals surface area (Å²) in [6.07, 6.45) is 6.47. The standard InChI is InChI=1S/C17H36N4/c1-15(2)21-11-9-16(13-18,10-12-21)20(5)14-17(19(3)4)7-6-8-17/h15H,6-14,18H2,1-5H3. The number of likely N-dealkylation sites (N-methyl/N-ethyl adjacent to an activating group) is 2. The molecule has 0 aromatic rings. The molecule has 4 heteroatoms. The quantitative estimate of drug-likeness (QED) is 0.808. The third kappa shape index (κ3) is 3.29. The van der Waals surface area contributed by atoms with E-state index in [9.17, 15) is 0 Å². The first-order valence-electron chi connectivity index (χ1n) is 8.68. The predicted octanol–water partition coefficient (Wildman–Crippen LogP) is 1.60. The van der Waals surface area contributed by atoms with E-state index in [1.54, 1.807) is 0 Å². The monoisotopic (exact) mass is 296 g/mol. The molecule has 0 radical (unpaired) electrons. The van der Waals surface area contributed by atoms with Gasteiger partial charge in [-0.05, 0) is 67.1 Å². The van der Waals surface area contributed by atoms with E-state index in [-0.39, 0.29) is 5.54 Å². The molecule has 1 aliphatic heterocycles. The average Bonchev–Trinajstić information content (AvgIpc) is 2.42. The third-order valence-corrected chi connectivity index (χ3v) is 6.41. The van der Waals surface area contributed by atoms with E-state index >= 15 is 0 Å². The Kier molecular flexibility index (Phi) is 5.35. The minimum atomic E-state index is 0.212. The van der Waals surface area contributed by atoms with Gasteiger partial charge in [0.1, 0.15) is 0 Å². The van der Waals surface area contributed by atoms with Crippen molar-refractivity contribution in [2.24, 2.45) is 5.73 Å². The molecule has 1 saturated carbocycles. The fourth-order valence-electron chi connectivity index (χ4n) is 4.14. The zero-order valence-corrected chi connectivity index (χ0v) is 14.9. The Morgan fingerprint density at radius 2 is 1.57 bits per heavy atom. The molecular weight excluding hydrogens is 260 g/mol. The van der Waals surface area contributed by atoms with Crippen molar-refractivity contribution < 1.29 is 0 Å². The molecule has 2 aliphatic rings. The number of likely N-dealkylation sites (tertiary alicyclic amines) is 1. The van der Waals surface area contributed by atoms with Crippen molar-refractivity contribution in [2.45, 2.75) is 63.1 Å². The molecule has 0 aromatic carbocycles. The summed E-state index contributed by atoms with van der Waals surface area (Å²) in [6, 6.07) is 0.658. The molecule has 1 heterocycles. The van der Waals surface area contributed by atoms with E-state index in [0.717, 1.165) is 6.54 Å². The molecule has 124 valence electrons. The van der Waals surface area contributed by atoms with Crippen LogP contribution < -0.4 is 5.73 Å². The number of nitrogens with two attached hydrogens (primary N) is 1. The summed E-state index contributed by atoms with van der Waals surface area (Å²) >= 11 is 0. The van der Waals surface area contributed by atoms with Crippen LogP contribution in [0.25, 0.3) is 0 Å². The number of piperidine rings is 1. The van der Waals surface area contributed by atoms with Crippen LogP contribution in [0.4, 0.5) is 0 Å². The van der Waals surface area contributed by atoms with Crippen LogP contribution >= 0.6 is 0 Å². The van der Waals surface area contributed by atoms with Gasteiger partial charge in [-0.1, -0.05) is 0 Å². The van der Waals surface area contributed by atoms with Gasteiger partial charge >= 0.3 is 0 Å². The van der Waals surface area contributed by atoms with Crippen LogP contribution in [0.1, 0.15) is 46.0 Å². The number of nitrogens with zero attached hydrogens (tertiary/aromatic N) is 3. The molecule has 0 aromatic heterocycles. The highest BCUT2D eigenvalue weighted by Crippen LogP contribution is 2.39. The maximum absolute atomic E-state index is 6.24. The predicted molar refractivity (Wildman–Crippen MR) is 90.6 cm³/mol. The van der Waals surface area contributed by atoms with E-state index in [0.29, 0.717) is 11.6 Å². The van der Waals surface area contributed by atoms with Crippen molar-refractivity contribution in [1.82, 2.24) is 14.7 Å². The minimum Gasteiger partial charge on any atom is -0.329 e. The minimum absolute atomic E-state index is 0.212. The molecule has 21 heavy (non-hydrogen) atoms. The second-order valence-electron chi connectivity index (χ2n) is 7.89. The van der Waals surface area contributed by atoms with E-state index in [4.69, 9.17) is 5.73 Å². The Balaban J connectivity index is 2.00. The second-order valence-corrected chi connectivity index (χ2v) is 7.89. The van der Waals surface area contributed by atoms with E-state index < -0.39 is 0 Å². The lowest BCUT2D eigenvalue weighted by Gasteiger charge is -2.55. The lowest BCUT2D eigenvalue weighted by Crippen LogP contribution is -2.65. The smallest absolute Gasteiger partial charge is 0.0353 e. The van der Waals surface area contributed by atoms with E-state index in [1.807, 2.05) is 0 Å². The SMILES string of the molecule is CC(C)N1CCC(CN)(N(C)CC2(N(C)C)CCC2)CC1. The summed E-state index contributed by atoms with van der Waals surface area (Å²) in [5.74, 6) is 0. The van der Waals surface area contributed by atoms with Gasteiger partial charge in [0.2, 0.25) is 0 Å². The van der Waals surface area contributed by atoms with Crippen LogP contribution in [-0.4, -0.2) is 79.1 Å².